The second-order valence-corrected chi connectivity index (χ2v) is 7.84. The first-order valence-corrected chi connectivity index (χ1v) is 8.68. The summed E-state index contributed by atoms with van der Waals surface area (Å²) >= 11 is 0. The van der Waals surface area contributed by atoms with Gasteiger partial charge >= 0.3 is 5.97 Å². The van der Waals surface area contributed by atoms with Crippen LogP contribution in [0.3, 0.4) is 0 Å². The quantitative estimate of drug-likeness (QED) is 0.565. The van der Waals surface area contributed by atoms with Crippen molar-refractivity contribution >= 4 is 22.7 Å². The molecule has 0 bridgehead atoms. The third kappa shape index (κ3) is 6.52. The fourth-order valence-electron chi connectivity index (χ4n) is 1.72. The third-order valence-corrected chi connectivity index (χ3v) is 4.45. The maximum absolute atomic E-state index is 12.3. The largest absolute Gasteiger partial charge is 0.497 e. The van der Waals surface area contributed by atoms with Gasteiger partial charge in [-0.25, -0.2) is 4.21 Å². The molecule has 0 aliphatic heterocycles. The molecule has 0 aliphatic rings. The number of nitrogens with zero attached hydrogens (tertiary/aromatic N) is 1. The molecular formula is C17H25NO4S. The maximum Gasteiger partial charge on any atom is 0.306 e. The Balaban J connectivity index is 3.02. The van der Waals surface area contributed by atoms with Gasteiger partial charge < -0.3 is 9.47 Å². The number of carbonyl (C=O) groups is 1. The van der Waals surface area contributed by atoms with E-state index in [-0.39, 0.29) is 12.4 Å². The van der Waals surface area contributed by atoms with Crippen LogP contribution in [0.1, 0.15) is 46.1 Å². The van der Waals surface area contributed by atoms with Crippen LogP contribution in [0.2, 0.25) is 0 Å². The summed E-state index contributed by atoms with van der Waals surface area (Å²) in [4.78, 5) is 11.6. The van der Waals surface area contributed by atoms with E-state index in [9.17, 15) is 9.00 Å². The zero-order valence-corrected chi connectivity index (χ0v) is 15.2. The molecule has 128 valence electrons. The number of carbonyl (C=O) groups excluding carboxylic acids is 1. The number of hydrogen-bond acceptors (Lipinski definition) is 4. The second kappa shape index (κ2) is 8.82. The van der Waals surface area contributed by atoms with Crippen LogP contribution < -0.4 is 4.74 Å². The van der Waals surface area contributed by atoms with E-state index in [2.05, 4.69) is 4.40 Å². The minimum absolute atomic E-state index is 0.208. The summed E-state index contributed by atoms with van der Waals surface area (Å²) in [5, 5.41) is 0. The van der Waals surface area contributed by atoms with Crippen molar-refractivity contribution in [1.82, 2.24) is 0 Å². The molecular weight excluding hydrogens is 314 g/mol. The number of esters is 1. The predicted molar refractivity (Wildman–Crippen MR) is 93.3 cm³/mol. The topological polar surface area (TPSA) is 65.0 Å². The third-order valence-electron chi connectivity index (χ3n) is 3.01. The lowest BCUT2D eigenvalue weighted by atomic mass is 10.1. The molecule has 1 rings (SSSR count). The molecule has 0 aromatic heterocycles. The smallest absolute Gasteiger partial charge is 0.306 e. The van der Waals surface area contributed by atoms with Crippen LogP contribution in [-0.2, 0) is 20.5 Å². The number of methoxy groups -OCH3 is 1. The lowest BCUT2D eigenvalue weighted by Crippen LogP contribution is -2.21. The SMILES string of the molecule is CCOC(=O)CC/C(=N/S(=O)C(C)(C)C)c1ccc(OC)cc1. The van der Waals surface area contributed by atoms with Crippen molar-refractivity contribution in [2.45, 2.75) is 45.3 Å². The maximum atomic E-state index is 12.3. The van der Waals surface area contributed by atoms with E-state index in [1.54, 1.807) is 14.0 Å². The first-order valence-electron chi connectivity index (χ1n) is 7.57. The lowest BCUT2D eigenvalue weighted by molar-refractivity contribution is -0.142. The molecule has 1 aromatic carbocycles. The predicted octanol–water partition coefficient (Wildman–Crippen LogP) is 3.29. The Kier molecular flexibility index (Phi) is 7.42. The van der Waals surface area contributed by atoms with Crippen molar-refractivity contribution in [1.29, 1.82) is 0 Å². The number of benzene rings is 1. The molecule has 23 heavy (non-hydrogen) atoms. The van der Waals surface area contributed by atoms with E-state index in [0.717, 1.165) is 11.3 Å². The summed E-state index contributed by atoms with van der Waals surface area (Å²) in [6, 6.07) is 7.33. The lowest BCUT2D eigenvalue weighted by Gasteiger charge is -2.15. The van der Waals surface area contributed by atoms with Crippen LogP contribution in [0.4, 0.5) is 0 Å². The van der Waals surface area contributed by atoms with Gasteiger partial charge in [0.2, 0.25) is 0 Å². The molecule has 0 saturated carbocycles. The molecule has 5 nitrogen and oxygen atoms in total. The van der Waals surface area contributed by atoms with Gasteiger partial charge in [0.05, 0.1) is 30.6 Å². The minimum atomic E-state index is -1.39. The Hall–Kier alpha value is -1.69. The van der Waals surface area contributed by atoms with Gasteiger partial charge in [0, 0.05) is 6.42 Å². The van der Waals surface area contributed by atoms with E-state index in [1.807, 2.05) is 45.0 Å². The van der Waals surface area contributed by atoms with Gasteiger partial charge in [-0.2, -0.15) is 4.40 Å². The Bertz CT molecular complexity index is 573. The zero-order valence-electron chi connectivity index (χ0n) is 14.4. The van der Waals surface area contributed by atoms with Gasteiger partial charge in [0.15, 0.2) is 0 Å². The molecule has 0 amide bonds. The van der Waals surface area contributed by atoms with E-state index in [1.165, 1.54) is 0 Å². The van der Waals surface area contributed by atoms with Crippen LogP contribution in [-0.4, -0.2) is 34.4 Å². The second-order valence-electron chi connectivity index (χ2n) is 5.93. The fraction of sp³-hybridized carbons (Fsp3) is 0.529. The van der Waals surface area contributed by atoms with Crippen molar-refractivity contribution in [3.05, 3.63) is 29.8 Å². The molecule has 0 N–H and O–H groups in total. The highest BCUT2D eigenvalue weighted by Gasteiger charge is 2.20. The van der Waals surface area contributed by atoms with Crippen LogP contribution in [0.5, 0.6) is 5.75 Å². The molecule has 0 heterocycles. The molecule has 0 aliphatic carbocycles. The van der Waals surface area contributed by atoms with Gasteiger partial charge in [0.1, 0.15) is 16.7 Å². The number of ether oxygens (including phenoxy) is 2. The van der Waals surface area contributed by atoms with Crippen LogP contribution in [0.25, 0.3) is 0 Å². The molecule has 1 unspecified atom stereocenters. The van der Waals surface area contributed by atoms with Crippen molar-refractivity contribution in [3.63, 3.8) is 0 Å². The van der Waals surface area contributed by atoms with E-state index >= 15 is 0 Å². The highest BCUT2D eigenvalue weighted by atomic mass is 32.2. The summed E-state index contributed by atoms with van der Waals surface area (Å²) in [5.74, 6) is 0.450. The summed E-state index contributed by atoms with van der Waals surface area (Å²) in [6.45, 7) is 7.71. The average Bonchev–Trinajstić information content (AvgIpc) is 2.50. The van der Waals surface area contributed by atoms with Gasteiger partial charge in [-0.15, -0.1) is 0 Å². The van der Waals surface area contributed by atoms with E-state index < -0.39 is 15.7 Å². The standard InChI is InChI=1S/C17H25NO4S/c1-6-22-16(19)12-11-15(18-23(20)17(2,3)4)13-7-9-14(21-5)10-8-13/h7-10H,6,11-12H2,1-5H3/b18-15-. The molecule has 1 atom stereocenters. The molecule has 0 spiro atoms. The fourth-order valence-corrected chi connectivity index (χ4v) is 2.39. The summed E-state index contributed by atoms with van der Waals surface area (Å²) < 4.78 is 26.3. The van der Waals surface area contributed by atoms with Crippen LogP contribution in [0, 0.1) is 0 Å². The molecule has 6 heteroatoms. The normalized spacial score (nSPS) is 13.5. The van der Waals surface area contributed by atoms with Gasteiger partial charge in [0.25, 0.3) is 0 Å². The molecule has 1 aromatic rings. The van der Waals surface area contributed by atoms with Gasteiger partial charge in [-0.3, -0.25) is 4.79 Å². The van der Waals surface area contributed by atoms with Gasteiger partial charge in [-0.05, 0) is 57.5 Å². The number of hydrogen-bond donors (Lipinski definition) is 0. The molecule has 0 saturated heterocycles. The zero-order chi connectivity index (χ0) is 17.5. The highest BCUT2D eigenvalue weighted by molar-refractivity contribution is 7.85. The van der Waals surface area contributed by atoms with Crippen molar-refractivity contribution < 1.29 is 18.5 Å². The van der Waals surface area contributed by atoms with Crippen molar-refractivity contribution in [3.8, 4) is 5.75 Å². The van der Waals surface area contributed by atoms with E-state index in [4.69, 9.17) is 9.47 Å². The highest BCUT2D eigenvalue weighted by Crippen LogP contribution is 2.18. The van der Waals surface area contributed by atoms with Crippen molar-refractivity contribution in [2.24, 2.45) is 4.40 Å². The van der Waals surface area contributed by atoms with E-state index in [0.29, 0.717) is 18.7 Å². The Morgan fingerprint density at radius 3 is 2.26 bits per heavy atom. The van der Waals surface area contributed by atoms with Gasteiger partial charge in [-0.1, -0.05) is 0 Å². The monoisotopic (exact) mass is 339 g/mol. The summed E-state index contributed by atoms with van der Waals surface area (Å²) in [6.07, 6.45) is 0.590. The first kappa shape index (κ1) is 19.4. The molecule has 0 radical (unpaired) electrons. The Labute approximate surface area is 140 Å². The Morgan fingerprint density at radius 2 is 1.78 bits per heavy atom. The number of rotatable bonds is 7. The van der Waals surface area contributed by atoms with Crippen LogP contribution in [0.15, 0.2) is 28.7 Å². The van der Waals surface area contributed by atoms with Crippen LogP contribution >= 0.6 is 0 Å². The first-order chi connectivity index (χ1) is 10.8. The summed E-state index contributed by atoms with van der Waals surface area (Å²) in [5.41, 5.74) is 1.46. The minimum Gasteiger partial charge on any atom is -0.497 e. The summed E-state index contributed by atoms with van der Waals surface area (Å²) in [7, 11) is 0.208. The average molecular weight is 339 g/mol. The Morgan fingerprint density at radius 1 is 1.17 bits per heavy atom. The van der Waals surface area contributed by atoms with Crippen molar-refractivity contribution in [2.75, 3.05) is 13.7 Å². The molecule has 0 fully saturated rings.